The van der Waals surface area contributed by atoms with Crippen LogP contribution in [0.5, 0.6) is 0 Å². The van der Waals surface area contributed by atoms with E-state index in [0.717, 1.165) is 37.8 Å². The van der Waals surface area contributed by atoms with Crippen molar-refractivity contribution in [3.63, 3.8) is 0 Å². The molecule has 5 aromatic rings. The van der Waals surface area contributed by atoms with E-state index in [1.165, 1.54) is 5.56 Å². The van der Waals surface area contributed by atoms with Crippen molar-refractivity contribution in [2.75, 3.05) is 5.32 Å². The largest absolute Gasteiger partial charge is 0.0374 e. The molecule has 1 amide bonds. The maximum Gasteiger partial charge on any atom is -0.0246 e. The molecule has 5 nitrogen and oxygen atoms in total. The zero-order valence-corrected chi connectivity index (χ0v) is 21.3. The molecule has 0 bridgehead atoms. The molecule has 0 saturated carbocycles. The van der Waals surface area contributed by atoms with E-state index < -0.39 is 0 Å². The molecular formula is C29H25N3O2Se. The van der Waals surface area contributed by atoms with E-state index in [-0.39, 0.29) is 26.2 Å². The number of rotatable bonds is 6. The van der Waals surface area contributed by atoms with Crippen LogP contribution in [0.3, 0.4) is 0 Å². The van der Waals surface area contributed by atoms with Crippen molar-refractivity contribution in [1.82, 2.24) is 8.88 Å². The van der Waals surface area contributed by atoms with Gasteiger partial charge in [0, 0.05) is 0 Å². The summed E-state index contributed by atoms with van der Waals surface area (Å²) in [6, 6.07) is 29.2. The van der Waals surface area contributed by atoms with Crippen molar-refractivity contribution in [2.45, 2.75) is 20.4 Å². The molecule has 0 aliphatic carbocycles. The Balaban J connectivity index is 1.30. The van der Waals surface area contributed by atoms with E-state index in [9.17, 15) is 9.59 Å². The summed E-state index contributed by atoms with van der Waals surface area (Å²) in [5, 5.41) is 7.23. The Labute approximate surface area is 210 Å². The number of nitrogens with one attached hydrogen (secondary N) is 2. The molecule has 35 heavy (non-hydrogen) atoms. The summed E-state index contributed by atoms with van der Waals surface area (Å²) in [7, 11) is 0. The number of para-hydroxylation sites is 1. The number of amides is 1. The Morgan fingerprint density at radius 1 is 0.829 bits per heavy atom. The maximum absolute atomic E-state index is 13.0. The number of fused-ring (bicyclic) bond motifs is 1. The van der Waals surface area contributed by atoms with Gasteiger partial charge in [0.05, 0.1) is 0 Å². The van der Waals surface area contributed by atoms with E-state index in [0.29, 0.717) is 12.1 Å². The first-order chi connectivity index (χ1) is 17.0. The summed E-state index contributed by atoms with van der Waals surface area (Å²) >= 11 is -0.0598. The molecule has 1 aromatic heterocycles. The average Bonchev–Trinajstić information content (AvgIpc) is 3.22. The molecule has 5 rings (SSSR count). The summed E-state index contributed by atoms with van der Waals surface area (Å²) in [4.78, 5) is 25.8. The van der Waals surface area contributed by atoms with Crippen LogP contribution in [0.1, 0.15) is 27.0 Å². The van der Waals surface area contributed by atoms with Gasteiger partial charge in [-0.2, -0.15) is 0 Å². The number of anilines is 2. The Kier molecular flexibility index (Phi) is 6.40. The van der Waals surface area contributed by atoms with E-state index in [1.807, 2.05) is 88.5 Å². The number of carbonyl (C=O) groups excluding carboxylic acids is 1. The monoisotopic (exact) mass is 527 g/mol. The molecule has 0 radical (unpaired) electrons. The van der Waals surface area contributed by atoms with E-state index in [4.69, 9.17) is 0 Å². The third-order valence-corrected chi connectivity index (χ3v) is 8.49. The maximum atomic E-state index is 13.0. The number of nitrogens with zero attached hydrogens (tertiary/aromatic N) is 1. The van der Waals surface area contributed by atoms with E-state index in [1.54, 1.807) is 0 Å². The van der Waals surface area contributed by atoms with Crippen molar-refractivity contribution in [2.24, 2.45) is 0 Å². The third kappa shape index (κ3) is 4.72. The first kappa shape index (κ1) is 22.9. The summed E-state index contributed by atoms with van der Waals surface area (Å²) in [5.74, 6) is -0.143. The minimum absolute atomic E-state index is 0.0506. The van der Waals surface area contributed by atoms with Crippen molar-refractivity contribution in [1.29, 1.82) is 0 Å². The quantitative estimate of drug-likeness (QED) is 0.294. The summed E-state index contributed by atoms with van der Waals surface area (Å²) in [6.07, 6.45) is 0. The summed E-state index contributed by atoms with van der Waals surface area (Å²) < 4.78 is 2.95. The molecule has 0 aliphatic rings. The Hall–Kier alpha value is -3.86. The van der Waals surface area contributed by atoms with Crippen LogP contribution in [0.4, 0.5) is 11.4 Å². The Morgan fingerprint density at radius 2 is 1.54 bits per heavy atom. The molecule has 0 saturated heterocycles. The second-order valence-electron chi connectivity index (χ2n) is 8.45. The number of aromatic nitrogens is 1. The van der Waals surface area contributed by atoms with Gasteiger partial charge in [-0.3, -0.25) is 0 Å². The van der Waals surface area contributed by atoms with Gasteiger partial charge < -0.3 is 0 Å². The normalized spacial score (nSPS) is 10.9. The second kappa shape index (κ2) is 9.79. The van der Waals surface area contributed by atoms with Gasteiger partial charge in [0.15, 0.2) is 0 Å². The van der Waals surface area contributed by atoms with Crippen LogP contribution in [0, 0.1) is 13.8 Å². The third-order valence-electron chi connectivity index (χ3n) is 6.16. The number of hydrogen-bond acceptors (Lipinski definition) is 3. The van der Waals surface area contributed by atoms with Gasteiger partial charge in [0.1, 0.15) is 0 Å². The number of carbonyl (C=O) groups is 1. The van der Waals surface area contributed by atoms with Crippen LogP contribution in [0.25, 0.3) is 15.3 Å². The molecule has 6 heteroatoms. The number of benzene rings is 4. The van der Waals surface area contributed by atoms with Crippen LogP contribution in [-0.2, 0) is 6.54 Å². The fourth-order valence-electron chi connectivity index (χ4n) is 3.99. The van der Waals surface area contributed by atoms with Gasteiger partial charge in [-0.1, -0.05) is 12.1 Å². The van der Waals surface area contributed by atoms with Gasteiger partial charge >= 0.3 is 167 Å². The predicted octanol–water partition coefficient (Wildman–Crippen LogP) is 5.34. The number of hydrogen-bond donors (Lipinski definition) is 2. The van der Waals surface area contributed by atoms with Gasteiger partial charge in [-0.25, -0.2) is 0 Å². The summed E-state index contributed by atoms with van der Waals surface area (Å²) in [5.41, 5.74) is 6.60. The molecule has 4 aromatic carbocycles. The van der Waals surface area contributed by atoms with Gasteiger partial charge in [-0.15, -0.1) is 0 Å². The first-order valence-electron chi connectivity index (χ1n) is 11.4. The number of aryl methyl sites for hydroxylation is 1. The second-order valence-corrected chi connectivity index (χ2v) is 10.5. The van der Waals surface area contributed by atoms with Crippen LogP contribution >= 0.6 is 0 Å². The van der Waals surface area contributed by atoms with E-state index in [2.05, 4.69) is 30.5 Å². The zero-order chi connectivity index (χ0) is 24.4. The van der Waals surface area contributed by atoms with Gasteiger partial charge in [0.25, 0.3) is 0 Å². The van der Waals surface area contributed by atoms with Crippen molar-refractivity contribution in [3.05, 3.63) is 124 Å². The van der Waals surface area contributed by atoms with Crippen molar-refractivity contribution >= 4 is 41.7 Å². The minimum Gasteiger partial charge on any atom is -0.0374 e. The van der Waals surface area contributed by atoms with Crippen LogP contribution in [-0.4, -0.2) is 24.2 Å². The molecule has 0 unspecified atom stereocenters. The molecular weight excluding hydrogens is 501 g/mol. The first-order valence-corrected chi connectivity index (χ1v) is 13.0. The topological polar surface area (TPSA) is 63.1 Å². The van der Waals surface area contributed by atoms with Crippen molar-refractivity contribution < 1.29 is 4.79 Å². The van der Waals surface area contributed by atoms with Crippen LogP contribution < -0.4 is 16.2 Å². The fraction of sp³-hybridized carbons (Fsp3) is 0.103. The Morgan fingerprint density at radius 3 is 2.34 bits per heavy atom. The molecule has 0 fully saturated rings. The van der Waals surface area contributed by atoms with Gasteiger partial charge in [0.2, 0.25) is 0 Å². The van der Waals surface area contributed by atoms with Crippen molar-refractivity contribution in [3.8, 4) is 5.69 Å². The van der Waals surface area contributed by atoms with E-state index >= 15 is 0 Å². The average molecular weight is 526 g/mol. The minimum atomic E-state index is -0.143. The SMILES string of the molecule is Cc1cccc(Nc2ccccc2C(=O)NCc2ccc(-n3[se]c4ccccc4c3=O)cc2)c1C. The molecule has 0 atom stereocenters. The molecule has 0 aliphatic heterocycles. The molecule has 174 valence electrons. The fourth-order valence-corrected chi connectivity index (χ4v) is 6.08. The molecule has 0 spiro atoms. The summed E-state index contributed by atoms with van der Waals surface area (Å²) in [6.45, 7) is 4.54. The smallest absolute Gasteiger partial charge is 0.0246 e. The Bertz CT molecular complexity index is 1580. The standard InChI is InChI=1S/C29H25N3O2Se/c1-19-8-7-12-25(20(19)2)31-26-11-5-3-9-23(26)28(33)30-18-21-14-16-22(17-15-21)32-29(34)24-10-4-6-13-27(24)35-32/h3-17,31H,18H2,1-2H3,(H,30,33). The molecule has 2 N–H and O–H groups in total. The van der Waals surface area contributed by atoms with Gasteiger partial charge in [-0.05, 0) is 31.0 Å². The zero-order valence-electron chi connectivity index (χ0n) is 19.5. The van der Waals surface area contributed by atoms with Crippen LogP contribution in [0.15, 0.2) is 95.8 Å². The van der Waals surface area contributed by atoms with Crippen LogP contribution in [0.2, 0.25) is 0 Å². The predicted molar refractivity (Wildman–Crippen MR) is 143 cm³/mol. The molecule has 1 heterocycles.